The molecule has 0 saturated heterocycles. The molecule has 1 aromatic rings. The number of aldehydes is 1. The summed E-state index contributed by atoms with van der Waals surface area (Å²) in [5.41, 5.74) is 2.13. The lowest BCUT2D eigenvalue weighted by Gasteiger charge is -2.31. The van der Waals surface area contributed by atoms with Gasteiger partial charge in [0.05, 0.1) is 0 Å². The van der Waals surface area contributed by atoms with E-state index in [1.54, 1.807) is 0 Å². The van der Waals surface area contributed by atoms with E-state index in [2.05, 4.69) is 26.0 Å². The fourth-order valence-electron chi connectivity index (χ4n) is 3.12. The number of carbonyl (C=O) groups is 1. The quantitative estimate of drug-likeness (QED) is 0.702. The molecule has 92 valence electrons. The molecule has 1 heteroatoms. The van der Waals surface area contributed by atoms with Crippen molar-refractivity contribution in [3.63, 3.8) is 0 Å². The Kier molecular flexibility index (Phi) is 3.98. The number of carbonyl (C=O) groups excluding carboxylic acids is 1. The lowest BCUT2D eigenvalue weighted by Crippen LogP contribution is -2.18. The second-order valence-electron chi connectivity index (χ2n) is 5.61. The molecule has 0 aliphatic heterocycles. The summed E-state index contributed by atoms with van der Waals surface area (Å²) in [6.45, 7) is 4.67. The van der Waals surface area contributed by atoms with Crippen LogP contribution in [0.3, 0.4) is 0 Å². The molecule has 1 nitrogen and oxygen atoms in total. The summed E-state index contributed by atoms with van der Waals surface area (Å²) < 4.78 is 0. The largest absolute Gasteiger partial charge is 0.298 e. The number of hydrogen-bond acceptors (Lipinski definition) is 1. The monoisotopic (exact) mass is 230 g/mol. The minimum Gasteiger partial charge on any atom is -0.298 e. The zero-order valence-electron chi connectivity index (χ0n) is 10.9. The summed E-state index contributed by atoms with van der Waals surface area (Å²) in [7, 11) is 0. The first-order valence-corrected chi connectivity index (χ1v) is 6.76. The molecule has 1 aromatic carbocycles. The van der Waals surface area contributed by atoms with Gasteiger partial charge in [0.15, 0.2) is 0 Å². The minimum absolute atomic E-state index is 0.581. The van der Waals surface area contributed by atoms with Crippen LogP contribution in [-0.4, -0.2) is 6.29 Å². The highest BCUT2D eigenvalue weighted by Gasteiger charge is 2.24. The summed E-state index contributed by atoms with van der Waals surface area (Å²) in [5.74, 6) is 2.24. The zero-order valence-corrected chi connectivity index (χ0v) is 10.9. The SMILES string of the molecule is CC1CCCC(C(C)c2cccc(C=O)c2)C1. The summed E-state index contributed by atoms with van der Waals surface area (Å²) in [6, 6.07) is 8.10. The average Bonchev–Trinajstić information content (AvgIpc) is 2.38. The third kappa shape index (κ3) is 2.96. The summed E-state index contributed by atoms with van der Waals surface area (Å²) >= 11 is 0. The lowest BCUT2D eigenvalue weighted by atomic mass is 9.74. The molecule has 2 rings (SSSR count). The van der Waals surface area contributed by atoms with Gasteiger partial charge in [0.2, 0.25) is 0 Å². The van der Waals surface area contributed by atoms with Crippen LogP contribution < -0.4 is 0 Å². The Morgan fingerprint density at radius 3 is 2.88 bits per heavy atom. The Morgan fingerprint density at radius 2 is 2.18 bits per heavy atom. The van der Waals surface area contributed by atoms with E-state index >= 15 is 0 Å². The Morgan fingerprint density at radius 1 is 1.35 bits per heavy atom. The highest BCUT2D eigenvalue weighted by molar-refractivity contribution is 5.75. The van der Waals surface area contributed by atoms with Gasteiger partial charge in [0.25, 0.3) is 0 Å². The normalized spacial score (nSPS) is 26.5. The van der Waals surface area contributed by atoms with Gasteiger partial charge in [-0.2, -0.15) is 0 Å². The van der Waals surface area contributed by atoms with Gasteiger partial charge < -0.3 is 0 Å². The molecule has 3 unspecified atom stereocenters. The first-order valence-electron chi connectivity index (χ1n) is 6.76. The second-order valence-corrected chi connectivity index (χ2v) is 5.61. The Hall–Kier alpha value is -1.11. The Balaban J connectivity index is 2.12. The van der Waals surface area contributed by atoms with Crippen molar-refractivity contribution in [2.24, 2.45) is 11.8 Å². The van der Waals surface area contributed by atoms with E-state index in [-0.39, 0.29) is 0 Å². The third-order valence-electron chi connectivity index (χ3n) is 4.26. The van der Waals surface area contributed by atoms with Crippen molar-refractivity contribution >= 4 is 6.29 Å². The van der Waals surface area contributed by atoms with E-state index in [4.69, 9.17) is 0 Å². The van der Waals surface area contributed by atoms with E-state index in [1.807, 2.05) is 12.1 Å². The van der Waals surface area contributed by atoms with Crippen LogP contribution in [-0.2, 0) is 0 Å². The summed E-state index contributed by atoms with van der Waals surface area (Å²) in [5, 5.41) is 0. The van der Waals surface area contributed by atoms with Gasteiger partial charge in [-0.15, -0.1) is 0 Å². The molecule has 0 spiro atoms. The van der Waals surface area contributed by atoms with Crippen LogP contribution in [0.1, 0.15) is 61.4 Å². The lowest BCUT2D eigenvalue weighted by molar-refractivity contribution is 0.112. The molecule has 0 aromatic heterocycles. The molecule has 17 heavy (non-hydrogen) atoms. The molecule has 1 aliphatic carbocycles. The molecular formula is C16H22O. The maximum Gasteiger partial charge on any atom is 0.150 e. The summed E-state index contributed by atoms with van der Waals surface area (Å²) in [4.78, 5) is 10.8. The van der Waals surface area contributed by atoms with Crippen LogP contribution in [0.15, 0.2) is 24.3 Å². The molecular weight excluding hydrogens is 208 g/mol. The van der Waals surface area contributed by atoms with Gasteiger partial charge in [-0.1, -0.05) is 44.9 Å². The van der Waals surface area contributed by atoms with Crippen molar-refractivity contribution in [2.75, 3.05) is 0 Å². The van der Waals surface area contributed by atoms with Crippen molar-refractivity contribution in [1.29, 1.82) is 0 Å². The molecule has 1 fully saturated rings. The molecule has 0 amide bonds. The van der Waals surface area contributed by atoms with E-state index in [1.165, 1.54) is 31.2 Å². The number of hydrogen-bond donors (Lipinski definition) is 0. The molecule has 1 saturated carbocycles. The van der Waals surface area contributed by atoms with Crippen LogP contribution >= 0.6 is 0 Å². The first-order chi connectivity index (χ1) is 8.20. The minimum atomic E-state index is 0.581. The smallest absolute Gasteiger partial charge is 0.150 e. The van der Waals surface area contributed by atoms with E-state index in [0.29, 0.717) is 5.92 Å². The summed E-state index contributed by atoms with van der Waals surface area (Å²) in [6.07, 6.45) is 6.38. The van der Waals surface area contributed by atoms with Crippen LogP contribution in [0.2, 0.25) is 0 Å². The Labute approximate surface area is 104 Å². The fraction of sp³-hybridized carbons (Fsp3) is 0.562. The number of benzene rings is 1. The van der Waals surface area contributed by atoms with E-state index < -0.39 is 0 Å². The van der Waals surface area contributed by atoms with E-state index in [9.17, 15) is 4.79 Å². The van der Waals surface area contributed by atoms with Gasteiger partial charge in [0, 0.05) is 5.56 Å². The topological polar surface area (TPSA) is 17.1 Å². The molecule has 1 aliphatic rings. The van der Waals surface area contributed by atoms with Gasteiger partial charge in [-0.05, 0) is 42.2 Å². The van der Waals surface area contributed by atoms with Crippen LogP contribution in [0.4, 0.5) is 0 Å². The second kappa shape index (κ2) is 5.48. The predicted molar refractivity (Wildman–Crippen MR) is 71.4 cm³/mol. The van der Waals surface area contributed by atoms with Crippen LogP contribution in [0.5, 0.6) is 0 Å². The maximum absolute atomic E-state index is 10.8. The van der Waals surface area contributed by atoms with Gasteiger partial charge in [-0.3, -0.25) is 4.79 Å². The fourth-order valence-corrected chi connectivity index (χ4v) is 3.12. The van der Waals surface area contributed by atoms with Gasteiger partial charge >= 0.3 is 0 Å². The predicted octanol–water partition coefficient (Wildman–Crippen LogP) is 4.43. The highest BCUT2D eigenvalue weighted by atomic mass is 16.1. The molecule has 0 radical (unpaired) electrons. The third-order valence-corrected chi connectivity index (χ3v) is 4.26. The van der Waals surface area contributed by atoms with Crippen molar-refractivity contribution in [1.82, 2.24) is 0 Å². The average molecular weight is 230 g/mol. The first kappa shape index (κ1) is 12.3. The maximum atomic E-state index is 10.8. The Bertz CT molecular complexity index is 383. The van der Waals surface area contributed by atoms with Gasteiger partial charge in [0.1, 0.15) is 6.29 Å². The van der Waals surface area contributed by atoms with Gasteiger partial charge in [-0.25, -0.2) is 0 Å². The highest BCUT2D eigenvalue weighted by Crippen LogP contribution is 2.38. The standard InChI is InChI=1S/C16H22O/c1-12-5-3-7-15(9-12)13(2)16-8-4-6-14(10-16)11-17/h4,6,8,10-13,15H,3,5,7,9H2,1-2H3. The number of rotatable bonds is 3. The molecule has 0 bridgehead atoms. The van der Waals surface area contributed by atoms with Crippen molar-refractivity contribution in [3.05, 3.63) is 35.4 Å². The molecule has 0 heterocycles. The molecule has 3 atom stereocenters. The van der Waals surface area contributed by atoms with Crippen LogP contribution in [0.25, 0.3) is 0 Å². The van der Waals surface area contributed by atoms with Crippen LogP contribution in [0, 0.1) is 11.8 Å². The molecule has 0 N–H and O–H groups in total. The van der Waals surface area contributed by atoms with Crippen molar-refractivity contribution < 1.29 is 4.79 Å². The van der Waals surface area contributed by atoms with Crippen molar-refractivity contribution in [3.8, 4) is 0 Å². The zero-order chi connectivity index (χ0) is 12.3. The van der Waals surface area contributed by atoms with E-state index in [0.717, 1.165) is 23.7 Å². The van der Waals surface area contributed by atoms with Crippen molar-refractivity contribution in [2.45, 2.75) is 45.4 Å².